The van der Waals surface area contributed by atoms with Crippen molar-refractivity contribution in [2.45, 2.75) is 12.5 Å². The smallest absolute Gasteiger partial charge is 0.123 e. The second-order valence-electron chi connectivity index (χ2n) is 4.09. The molecule has 82 valence electrons. The van der Waals surface area contributed by atoms with Gasteiger partial charge in [0.05, 0.1) is 0 Å². The summed E-state index contributed by atoms with van der Waals surface area (Å²) in [6, 6.07) is 7.28. The van der Waals surface area contributed by atoms with Gasteiger partial charge in [0, 0.05) is 19.1 Å². The molecular formula is C12H17FN2. The molecule has 3 heteroatoms. The predicted molar refractivity (Wildman–Crippen MR) is 59.3 cm³/mol. The summed E-state index contributed by atoms with van der Waals surface area (Å²) in [6.45, 7) is 3.11. The minimum absolute atomic E-state index is 0.159. The molecule has 1 aromatic carbocycles. The summed E-state index contributed by atoms with van der Waals surface area (Å²) < 4.78 is 12.8. The number of nitrogens with one attached hydrogen (secondary N) is 1. The Morgan fingerprint density at radius 1 is 1.27 bits per heavy atom. The molecule has 1 unspecified atom stereocenters. The lowest BCUT2D eigenvalue weighted by Crippen LogP contribution is -2.26. The topological polar surface area (TPSA) is 15.3 Å². The van der Waals surface area contributed by atoms with Crippen molar-refractivity contribution in [2.75, 3.05) is 26.7 Å². The summed E-state index contributed by atoms with van der Waals surface area (Å²) in [6.07, 6.45) is 1.09. The van der Waals surface area contributed by atoms with Gasteiger partial charge in [-0.1, -0.05) is 12.1 Å². The summed E-state index contributed by atoms with van der Waals surface area (Å²) in [5.74, 6) is -0.159. The molecule has 0 amide bonds. The number of rotatable bonds is 1. The Labute approximate surface area is 90.1 Å². The van der Waals surface area contributed by atoms with Gasteiger partial charge in [-0.25, -0.2) is 4.39 Å². The van der Waals surface area contributed by atoms with E-state index in [9.17, 15) is 4.39 Å². The van der Waals surface area contributed by atoms with Crippen LogP contribution >= 0.6 is 0 Å². The van der Waals surface area contributed by atoms with Crippen molar-refractivity contribution < 1.29 is 4.39 Å². The molecule has 0 bridgehead atoms. The molecule has 1 heterocycles. The standard InChI is InChI=1S/C12H17FN2/c1-15-9-8-14-7-6-12(15)10-2-4-11(13)5-3-10/h2-5,12,14H,6-9H2,1H3. The van der Waals surface area contributed by atoms with Crippen LogP contribution in [0.15, 0.2) is 24.3 Å². The van der Waals surface area contributed by atoms with Gasteiger partial charge < -0.3 is 5.32 Å². The average Bonchev–Trinajstić information content (AvgIpc) is 2.44. The molecule has 2 nitrogen and oxygen atoms in total. The van der Waals surface area contributed by atoms with Gasteiger partial charge in [-0.2, -0.15) is 0 Å². The van der Waals surface area contributed by atoms with Gasteiger partial charge in [-0.3, -0.25) is 4.90 Å². The fourth-order valence-electron chi connectivity index (χ4n) is 2.10. The third-order valence-corrected chi connectivity index (χ3v) is 3.02. The lowest BCUT2D eigenvalue weighted by Gasteiger charge is -2.25. The van der Waals surface area contributed by atoms with E-state index in [0.29, 0.717) is 6.04 Å². The Kier molecular flexibility index (Phi) is 3.34. The zero-order valence-corrected chi connectivity index (χ0v) is 9.04. The lowest BCUT2D eigenvalue weighted by atomic mass is 10.0. The Hall–Kier alpha value is -0.930. The molecule has 1 aliphatic rings. The minimum atomic E-state index is -0.159. The molecule has 1 aromatic rings. The highest BCUT2D eigenvalue weighted by Crippen LogP contribution is 2.23. The average molecular weight is 208 g/mol. The van der Waals surface area contributed by atoms with Gasteiger partial charge in [0.1, 0.15) is 5.82 Å². The van der Waals surface area contributed by atoms with Crippen LogP contribution in [0.25, 0.3) is 0 Å². The largest absolute Gasteiger partial charge is 0.315 e. The predicted octanol–water partition coefficient (Wildman–Crippen LogP) is 1.79. The first-order chi connectivity index (χ1) is 7.27. The first-order valence-electron chi connectivity index (χ1n) is 5.44. The Bertz CT molecular complexity index is 310. The van der Waals surface area contributed by atoms with Crippen LogP contribution in [0.5, 0.6) is 0 Å². The van der Waals surface area contributed by atoms with Gasteiger partial charge in [0.15, 0.2) is 0 Å². The second-order valence-corrected chi connectivity index (χ2v) is 4.09. The van der Waals surface area contributed by atoms with Crippen molar-refractivity contribution in [1.82, 2.24) is 10.2 Å². The van der Waals surface area contributed by atoms with E-state index in [4.69, 9.17) is 0 Å². The van der Waals surface area contributed by atoms with E-state index in [1.807, 2.05) is 12.1 Å². The maximum atomic E-state index is 12.8. The number of benzene rings is 1. The van der Waals surface area contributed by atoms with Crippen LogP contribution in [0.2, 0.25) is 0 Å². The van der Waals surface area contributed by atoms with Crippen LogP contribution in [-0.4, -0.2) is 31.6 Å². The fourth-order valence-corrected chi connectivity index (χ4v) is 2.10. The first kappa shape index (κ1) is 10.6. The number of nitrogens with zero attached hydrogens (tertiary/aromatic N) is 1. The normalized spacial score (nSPS) is 23.7. The molecular weight excluding hydrogens is 191 g/mol. The van der Waals surface area contributed by atoms with Crippen molar-refractivity contribution in [3.63, 3.8) is 0 Å². The number of hydrogen-bond donors (Lipinski definition) is 1. The minimum Gasteiger partial charge on any atom is -0.315 e. The van der Waals surface area contributed by atoms with Gasteiger partial charge in [0.25, 0.3) is 0 Å². The van der Waals surface area contributed by atoms with Crippen LogP contribution in [-0.2, 0) is 0 Å². The number of likely N-dealkylation sites (N-methyl/N-ethyl adjacent to an activating group) is 1. The summed E-state index contributed by atoms with van der Waals surface area (Å²) in [7, 11) is 2.13. The van der Waals surface area contributed by atoms with Crippen molar-refractivity contribution in [3.8, 4) is 0 Å². The molecule has 2 rings (SSSR count). The van der Waals surface area contributed by atoms with Crippen molar-refractivity contribution in [1.29, 1.82) is 0 Å². The van der Waals surface area contributed by atoms with Crippen molar-refractivity contribution >= 4 is 0 Å². The molecule has 0 aliphatic carbocycles. The Morgan fingerprint density at radius 2 is 2.00 bits per heavy atom. The molecule has 1 N–H and O–H groups in total. The van der Waals surface area contributed by atoms with Gasteiger partial charge in [-0.15, -0.1) is 0 Å². The SMILES string of the molecule is CN1CCNCCC1c1ccc(F)cc1. The second kappa shape index (κ2) is 4.73. The molecule has 0 radical (unpaired) electrons. The summed E-state index contributed by atoms with van der Waals surface area (Å²) in [4.78, 5) is 2.33. The maximum Gasteiger partial charge on any atom is 0.123 e. The molecule has 1 atom stereocenters. The van der Waals surface area contributed by atoms with E-state index >= 15 is 0 Å². The summed E-state index contributed by atoms with van der Waals surface area (Å²) in [5.41, 5.74) is 1.21. The summed E-state index contributed by atoms with van der Waals surface area (Å²) in [5, 5.41) is 3.37. The van der Waals surface area contributed by atoms with Gasteiger partial charge >= 0.3 is 0 Å². The molecule has 0 aromatic heterocycles. The zero-order valence-electron chi connectivity index (χ0n) is 9.04. The zero-order chi connectivity index (χ0) is 10.7. The molecule has 1 aliphatic heterocycles. The van der Waals surface area contributed by atoms with E-state index in [0.717, 1.165) is 26.1 Å². The maximum absolute atomic E-state index is 12.8. The van der Waals surface area contributed by atoms with Crippen LogP contribution < -0.4 is 5.32 Å². The molecule has 1 fully saturated rings. The Balaban J connectivity index is 2.16. The van der Waals surface area contributed by atoms with E-state index in [2.05, 4.69) is 17.3 Å². The van der Waals surface area contributed by atoms with E-state index < -0.39 is 0 Å². The highest BCUT2D eigenvalue weighted by atomic mass is 19.1. The number of hydrogen-bond acceptors (Lipinski definition) is 2. The highest BCUT2D eigenvalue weighted by molar-refractivity contribution is 5.20. The molecule has 1 saturated heterocycles. The van der Waals surface area contributed by atoms with Crippen LogP contribution in [0.3, 0.4) is 0 Å². The van der Waals surface area contributed by atoms with Gasteiger partial charge in [-0.05, 0) is 37.7 Å². The first-order valence-corrected chi connectivity index (χ1v) is 5.44. The van der Waals surface area contributed by atoms with Gasteiger partial charge in [0.2, 0.25) is 0 Å². The van der Waals surface area contributed by atoms with Crippen LogP contribution in [0, 0.1) is 5.82 Å². The van der Waals surface area contributed by atoms with E-state index in [1.54, 1.807) is 12.1 Å². The highest BCUT2D eigenvalue weighted by Gasteiger charge is 2.18. The third kappa shape index (κ3) is 2.55. The Morgan fingerprint density at radius 3 is 2.73 bits per heavy atom. The fraction of sp³-hybridized carbons (Fsp3) is 0.500. The monoisotopic (exact) mass is 208 g/mol. The number of halogens is 1. The van der Waals surface area contributed by atoms with E-state index in [1.165, 1.54) is 5.56 Å². The van der Waals surface area contributed by atoms with Crippen molar-refractivity contribution in [3.05, 3.63) is 35.6 Å². The molecule has 0 spiro atoms. The van der Waals surface area contributed by atoms with Crippen LogP contribution in [0.4, 0.5) is 4.39 Å². The molecule has 0 saturated carbocycles. The molecule has 15 heavy (non-hydrogen) atoms. The van der Waals surface area contributed by atoms with Crippen molar-refractivity contribution in [2.24, 2.45) is 0 Å². The third-order valence-electron chi connectivity index (χ3n) is 3.02. The van der Waals surface area contributed by atoms with Crippen LogP contribution in [0.1, 0.15) is 18.0 Å². The van der Waals surface area contributed by atoms with E-state index in [-0.39, 0.29) is 5.82 Å². The quantitative estimate of drug-likeness (QED) is 0.757. The summed E-state index contributed by atoms with van der Waals surface area (Å²) >= 11 is 0. The lowest BCUT2D eigenvalue weighted by molar-refractivity contribution is 0.258.